The molecule has 1 aromatic heterocycles. The molecule has 2 aliphatic rings. The van der Waals surface area contributed by atoms with Crippen molar-refractivity contribution in [2.75, 3.05) is 17.2 Å². The number of fused-ring (bicyclic) bond motifs is 1. The lowest BCUT2D eigenvalue weighted by molar-refractivity contribution is 0.0982. The molecule has 1 saturated carbocycles. The van der Waals surface area contributed by atoms with Crippen LogP contribution in [0.5, 0.6) is 0 Å². The minimum atomic E-state index is -1.86. The van der Waals surface area contributed by atoms with Crippen LogP contribution in [0, 0.1) is 39.4 Å². The number of anilines is 2. The van der Waals surface area contributed by atoms with Gasteiger partial charge in [0, 0.05) is 35.6 Å². The summed E-state index contributed by atoms with van der Waals surface area (Å²) < 4.78 is 0. The summed E-state index contributed by atoms with van der Waals surface area (Å²) in [6, 6.07) is 16.7. The van der Waals surface area contributed by atoms with Crippen LogP contribution >= 0.6 is 11.6 Å². The number of nitrogens with one attached hydrogen (secondary N) is 4. The molecular formula is C29H28ClN9O. The molecule has 1 fully saturated rings. The minimum Gasteiger partial charge on any atom is -0.383 e. The van der Waals surface area contributed by atoms with E-state index in [2.05, 4.69) is 65.6 Å². The molecule has 1 atom stereocenters. The van der Waals surface area contributed by atoms with E-state index in [-0.39, 0.29) is 5.41 Å². The zero-order chi connectivity index (χ0) is 28.7. The molecule has 2 heterocycles. The number of benzene rings is 2. The third-order valence-electron chi connectivity index (χ3n) is 6.93. The van der Waals surface area contributed by atoms with Crippen LogP contribution < -0.4 is 21.6 Å². The van der Waals surface area contributed by atoms with E-state index in [1.54, 1.807) is 47.6 Å². The second-order valence-corrected chi connectivity index (χ2v) is 11.7. The van der Waals surface area contributed by atoms with E-state index >= 15 is 0 Å². The van der Waals surface area contributed by atoms with Crippen molar-refractivity contribution in [3.8, 4) is 18.2 Å². The SMILES string of the molecule is CC(C)(C)CNc1c(C#N)cnc2c(Cl)cc(NC(O)(C3=CN(C4(C#N)CC4)NN3)c3cccc(C#N)c3)cc12. The van der Waals surface area contributed by atoms with Crippen LogP contribution in [0.2, 0.25) is 5.02 Å². The summed E-state index contributed by atoms with van der Waals surface area (Å²) in [6.45, 7) is 6.85. The molecule has 0 radical (unpaired) electrons. The standard InChI is InChI=1S/C29H28ClN9O/c1-27(2,3)17-35-25-19(13-32)14-34-26-22(25)10-21(11-23(26)30)36-29(40,20-6-4-5-18(9-20)12-31)24-15-39(38-37-24)28(16-33)7-8-28/h4-6,9-11,14-15,36-38,40H,7-8,17H2,1-3H3,(H,34,35). The average molecular weight is 554 g/mol. The number of nitriles is 3. The molecule has 5 rings (SSSR count). The second kappa shape index (κ2) is 9.89. The number of hydrogen-bond donors (Lipinski definition) is 5. The first-order valence-corrected chi connectivity index (χ1v) is 13.1. The van der Waals surface area contributed by atoms with Crippen molar-refractivity contribution in [3.63, 3.8) is 0 Å². The molecule has 0 amide bonds. The Labute approximate surface area is 237 Å². The predicted octanol–water partition coefficient (Wildman–Crippen LogP) is 4.57. The molecule has 10 nitrogen and oxygen atoms in total. The zero-order valence-electron chi connectivity index (χ0n) is 22.3. The van der Waals surface area contributed by atoms with Crippen molar-refractivity contribution in [1.82, 2.24) is 21.0 Å². The molecular weight excluding hydrogens is 526 g/mol. The van der Waals surface area contributed by atoms with Gasteiger partial charge in [0.1, 0.15) is 17.3 Å². The highest BCUT2D eigenvalue weighted by Gasteiger charge is 2.51. The van der Waals surface area contributed by atoms with Gasteiger partial charge in [0.25, 0.3) is 0 Å². The molecule has 1 unspecified atom stereocenters. The molecule has 1 aliphatic carbocycles. The highest BCUT2D eigenvalue weighted by atomic mass is 35.5. The molecule has 40 heavy (non-hydrogen) atoms. The molecule has 5 N–H and O–H groups in total. The first-order valence-electron chi connectivity index (χ1n) is 12.7. The lowest BCUT2D eigenvalue weighted by Crippen LogP contribution is -2.47. The van der Waals surface area contributed by atoms with E-state index in [1.807, 2.05) is 0 Å². The van der Waals surface area contributed by atoms with Crippen LogP contribution in [0.25, 0.3) is 10.9 Å². The number of pyridine rings is 1. The third-order valence-corrected chi connectivity index (χ3v) is 7.22. The van der Waals surface area contributed by atoms with Crippen molar-refractivity contribution in [2.45, 2.75) is 44.9 Å². The largest absolute Gasteiger partial charge is 0.383 e. The number of aromatic nitrogens is 1. The van der Waals surface area contributed by atoms with E-state index in [9.17, 15) is 20.9 Å². The summed E-state index contributed by atoms with van der Waals surface area (Å²) in [5.74, 6) is 0. The van der Waals surface area contributed by atoms with Gasteiger partial charge in [0.05, 0.1) is 39.5 Å². The van der Waals surface area contributed by atoms with Gasteiger partial charge < -0.3 is 21.2 Å². The molecule has 1 aliphatic heterocycles. The quantitative estimate of drug-likeness (QED) is 0.263. The Kier molecular flexibility index (Phi) is 6.69. The van der Waals surface area contributed by atoms with Gasteiger partial charge in [-0.25, -0.2) is 0 Å². The van der Waals surface area contributed by atoms with E-state index in [1.165, 1.54) is 6.20 Å². The minimum absolute atomic E-state index is 0.0597. The molecule has 2 aromatic carbocycles. The van der Waals surface area contributed by atoms with Crippen molar-refractivity contribution >= 4 is 33.9 Å². The zero-order valence-corrected chi connectivity index (χ0v) is 23.1. The summed E-state index contributed by atoms with van der Waals surface area (Å²) in [4.78, 5) is 4.41. The maximum Gasteiger partial charge on any atom is 0.206 e. The van der Waals surface area contributed by atoms with Gasteiger partial charge in [-0.2, -0.15) is 15.8 Å². The van der Waals surface area contributed by atoms with Gasteiger partial charge >= 0.3 is 0 Å². The van der Waals surface area contributed by atoms with Gasteiger partial charge in [-0.15, -0.1) is 5.53 Å². The van der Waals surface area contributed by atoms with Gasteiger partial charge in [0.15, 0.2) is 0 Å². The summed E-state index contributed by atoms with van der Waals surface area (Å²) in [7, 11) is 0. The van der Waals surface area contributed by atoms with E-state index < -0.39 is 11.3 Å². The van der Waals surface area contributed by atoms with Crippen LogP contribution in [0.4, 0.5) is 11.4 Å². The van der Waals surface area contributed by atoms with Gasteiger partial charge in [-0.05, 0) is 42.5 Å². The Morgan fingerprint density at radius 2 is 1.93 bits per heavy atom. The highest BCUT2D eigenvalue weighted by Crippen LogP contribution is 2.43. The fourth-order valence-corrected chi connectivity index (χ4v) is 4.80. The number of hydrazine groups is 2. The average Bonchev–Trinajstić information content (AvgIpc) is 3.57. The van der Waals surface area contributed by atoms with Crippen molar-refractivity contribution < 1.29 is 5.11 Å². The molecule has 0 saturated heterocycles. The first kappa shape index (κ1) is 27.1. The van der Waals surface area contributed by atoms with E-state index in [4.69, 9.17) is 11.6 Å². The van der Waals surface area contributed by atoms with E-state index in [0.717, 1.165) is 0 Å². The van der Waals surface area contributed by atoms with Crippen LogP contribution in [0.15, 0.2) is 54.5 Å². The number of hydrogen-bond acceptors (Lipinski definition) is 10. The fraction of sp³-hybridized carbons (Fsp3) is 0.310. The summed E-state index contributed by atoms with van der Waals surface area (Å²) >= 11 is 6.69. The van der Waals surface area contributed by atoms with Crippen LogP contribution in [-0.4, -0.2) is 27.2 Å². The number of rotatable bonds is 7. The van der Waals surface area contributed by atoms with Gasteiger partial charge in [0.2, 0.25) is 5.72 Å². The third kappa shape index (κ3) is 4.95. The van der Waals surface area contributed by atoms with Gasteiger partial charge in [-0.3, -0.25) is 9.99 Å². The smallest absolute Gasteiger partial charge is 0.206 e. The van der Waals surface area contributed by atoms with Crippen LogP contribution in [0.3, 0.4) is 0 Å². The summed E-state index contributed by atoms with van der Waals surface area (Å²) in [5.41, 5.74) is 6.33. The monoisotopic (exact) mass is 553 g/mol. The van der Waals surface area contributed by atoms with Crippen molar-refractivity contribution in [3.05, 3.63) is 76.2 Å². The van der Waals surface area contributed by atoms with E-state index in [0.29, 0.717) is 69.1 Å². The van der Waals surface area contributed by atoms with Crippen molar-refractivity contribution in [2.24, 2.45) is 5.41 Å². The molecule has 0 spiro atoms. The van der Waals surface area contributed by atoms with Crippen LogP contribution in [-0.2, 0) is 5.72 Å². The number of aliphatic hydroxyl groups is 1. The second-order valence-electron chi connectivity index (χ2n) is 11.2. The van der Waals surface area contributed by atoms with Crippen molar-refractivity contribution in [1.29, 1.82) is 15.8 Å². The molecule has 3 aromatic rings. The summed E-state index contributed by atoms with van der Waals surface area (Å²) in [5, 5.41) is 50.4. The Bertz CT molecular complexity index is 1650. The lowest BCUT2D eigenvalue weighted by atomic mass is 9.96. The maximum atomic E-state index is 12.2. The molecule has 202 valence electrons. The Balaban J connectivity index is 1.63. The topological polar surface area (TPSA) is 156 Å². The predicted molar refractivity (Wildman–Crippen MR) is 152 cm³/mol. The van der Waals surface area contributed by atoms with Crippen LogP contribution in [0.1, 0.15) is 50.3 Å². The lowest BCUT2D eigenvalue weighted by Gasteiger charge is -2.32. The molecule has 11 heteroatoms. The first-order chi connectivity index (χ1) is 19.0. The number of nitrogens with zero attached hydrogens (tertiary/aromatic N) is 5. The Hall–Kier alpha value is -4.53. The van der Waals surface area contributed by atoms with Gasteiger partial charge in [-0.1, -0.05) is 44.5 Å². The maximum absolute atomic E-state index is 12.2. The Morgan fingerprint density at radius 1 is 1.15 bits per heavy atom. The normalized spacial score (nSPS) is 17.1. The highest BCUT2D eigenvalue weighted by molar-refractivity contribution is 6.35. The molecule has 0 bridgehead atoms. The Morgan fingerprint density at radius 3 is 2.58 bits per heavy atom. The number of halogens is 1. The fourth-order valence-electron chi connectivity index (χ4n) is 4.53. The summed E-state index contributed by atoms with van der Waals surface area (Å²) in [6.07, 6.45) is 4.52.